The lowest BCUT2D eigenvalue weighted by Gasteiger charge is -2.29. The van der Waals surface area contributed by atoms with Crippen LogP contribution in [0.5, 0.6) is 0 Å². The van der Waals surface area contributed by atoms with E-state index in [0.29, 0.717) is 12.0 Å². The van der Waals surface area contributed by atoms with Crippen molar-refractivity contribution in [3.63, 3.8) is 0 Å². The maximum Gasteiger partial charge on any atom is 0.0524 e. The van der Waals surface area contributed by atoms with Gasteiger partial charge in [-0.3, -0.25) is 0 Å². The predicted molar refractivity (Wildman–Crippen MR) is 59.1 cm³/mol. The summed E-state index contributed by atoms with van der Waals surface area (Å²) in [6.45, 7) is 3.64. The van der Waals surface area contributed by atoms with Crippen LogP contribution in [-0.2, 0) is 0 Å². The fourth-order valence-electron chi connectivity index (χ4n) is 2.43. The molecular weight excluding hydrogens is 176 g/mol. The van der Waals surface area contributed by atoms with Crippen molar-refractivity contribution in [1.82, 2.24) is 4.90 Å². The summed E-state index contributed by atoms with van der Waals surface area (Å²) in [5.74, 6) is 0.675. The first-order chi connectivity index (χ1) is 6.65. The molecule has 1 aliphatic carbocycles. The molecule has 0 aromatic rings. The summed E-state index contributed by atoms with van der Waals surface area (Å²) in [5.41, 5.74) is 5.74. The van der Waals surface area contributed by atoms with Crippen LogP contribution in [-0.4, -0.2) is 42.3 Å². The summed E-state index contributed by atoms with van der Waals surface area (Å²) in [6.07, 6.45) is 4.55. The van der Waals surface area contributed by atoms with Crippen LogP contribution in [0.15, 0.2) is 0 Å². The van der Waals surface area contributed by atoms with E-state index in [9.17, 15) is 5.11 Å². The second-order valence-corrected chi connectivity index (χ2v) is 4.61. The fourth-order valence-corrected chi connectivity index (χ4v) is 2.43. The number of aliphatic hydroxyl groups excluding tert-OH is 1. The van der Waals surface area contributed by atoms with Crippen LogP contribution in [0.4, 0.5) is 0 Å². The summed E-state index contributed by atoms with van der Waals surface area (Å²) >= 11 is 0. The molecule has 3 atom stereocenters. The Balaban J connectivity index is 2.31. The Hall–Kier alpha value is -0.120. The van der Waals surface area contributed by atoms with Gasteiger partial charge in [-0.05, 0) is 45.7 Å². The monoisotopic (exact) mass is 200 g/mol. The Labute approximate surface area is 87.3 Å². The Morgan fingerprint density at radius 3 is 2.79 bits per heavy atom. The van der Waals surface area contributed by atoms with E-state index in [0.717, 1.165) is 19.5 Å². The minimum Gasteiger partial charge on any atom is -0.393 e. The van der Waals surface area contributed by atoms with Crippen LogP contribution in [0.2, 0.25) is 0 Å². The Kier molecular flexibility index (Phi) is 4.85. The van der Waals surface area contributed by atoms with Crippen molar-refractivity contribution in [2.24, 2.45) is 11.7 Å². The van der Waals surface area contributed by atoms with Crippen molar-refractivity contribution in [1.29, 1.82) is 0 Å². The average Bonchev–Trinajstić information content (AvgIpc) is 2.61. The van der Waals surface area contributed by atoms with Crippen molar-refractivity contribution in [3.05, 3.63) is 0 Å². The van der Waals surface area contributed by atoms with Gasteiger partial charge in [-0.1, -0.05) is 6.42 Å². The standard InChI is InChI=1S/C11H24N2O/c1-9(14)6-7-13(2)11-5-3-4-10(11)8-12/h9-11,14H,3-8,12H2,1-2H3. The summed E-state index contributed by atoms with van der Waals surface area (Å²) in [6, 6.07) is 0.652. The van der Waals surface area contributed by atoms with Gasteiger partial charge in [-0.2, -0.15) is 0 Å². The number of hydrogen-bond acceptors (Lipinski definition) is 3. The fraction of sp³-hybridized carbons (Fsp3) is 1.00. The van der Waals surface area contributed by atoms with Gasteiger partial charge in [-0.25, -0.2) is 0 Å². The number of rotatable bonds is 5. The molecule has 1 aliphatic rings. The zero-order valence-electron chi connectivity index (χ0n) is 9.45. The van der Waals surface area contributed by atoms with Crippen LogP contribution in [0.25, 0.3) is 0 Å². The Bertz CT molecular complexity index is 161. The quantitative estimate of drug-likeness (QED) is 0.690. The van der Waals surface area contributed by atoms with Crippen molar-refractivity contribution in [3.8, 4) is 0 Å². The molecule has 0 heterocycles. The molecule has 0 spiro atoms. The maximum absolute atomic E-state index is 9.22. The summed E-state index contributed by atoms with van der Waals surface area (Å²) in [4.78, 5) is 2.37. The van der Waals surface area contributed by atoms with Gasteiger partial charge in [-0.15, -0.1) is 0 Å². The molecule has 3 heteroatoms. The van der Waals surface area contributed by atoms with Crippen molar-refractivity contribution < 1.29 is 5.11 Å². The van der Waals surface area contributed by atoms with Gasteiger partial charge in [0.2, 0.25) is 0 Å². The average molecular weight is 200 g/mol. The maximum atomic E-state index is 9.22. The highest BCUT2D eigenvalue weighted by molar-refractivity contribution is 4.84. The van der Waals surface area contributed by atoms with Crippen LogP contribution in [0, 0.1) is 5.92 Å². The topological polar surface area (TPSA) is 49.5 Å². The molecule has 84 valence electrons. The lowest BCUT2D eigenvalue weighted by Crippen LogP contribution is -2.38. The molecule has 0 bridgehead atoms. The first-order valence-electron chi connectivity index (χ1n) is 5.73. The van der Waals surface area contributed by atoms with E-state index in [1.807, 2.05) is 6.92 Å². The number of aliphatic hydroxyl groups is 1. The van der Waals surface area contributed by atoms with E-state index in [-0.39, 0.29) is 6.10 Å². The Morgan fingerprint density at radius 2 is 2.21 bits per heavy atom. The van der Waals surface area contributed by atoms with E-state index in [2.05, 4.69) is 11.9 Å². The Morgan fingerprint density at radius 1 is 1.50 bits per heavy atom. The molecule has 0 aromatic carbocycles. The first kappa shape index (κ1) is 12.0. The molecule has 14 heavy (non-hydrogen) atoms. The molecule has 1 fully saturated rings. The summed E-state index contributed by atoms with van der Waals surface area (Å²) in [7, 11) is 2.15. The van der Waals surface area contributed by atoms with Gasteiger partial charge >= 0.3 is 0 Å². The predicted octanol–water partition coefficient (Wildman–Crippen LogP) is 0.816. The smallest absolute Gasteiger partial charge is 0.0524 e. The lowest BCUT2D eigenvalue weighted by atomic mass is 10.0. The van der Waals surface area contributed by atoms with Crippen molar-refractivity contribution in [2.45, 2.75) is 44.8 Å². The van der Waals surface area contributed by atoms with Crippen molar-refractivity contribution >= 4 is 0 Å². The van der Waals surface area contributed by atoms with Gasteiger partial charge < -0.3 is 15.7 Å². The summed E-state index contributed by atoms with van der Waals surface area (Å²) in [5, 5.41) is 9.22. The number of nitrogens with two attached hydrogens (primary N) is 1. The number of nitrogens with zero attached hydrogens (tertiary/aromatic N) is 1. The van der Waals surface area contributed by atoms with Gasteiger partial charge in [0.05, 0.1) is 6.10 Å². The number of hydrogen-bond donors (Lipinski definition) is 2. The van der Waals surface area contributed by atoms with E-state index in [1.54, 1.807) is 0 Å². The minimum atomic E-state index is -0.185. The van der Waals surface area contributed by atoms with E-state index in [4.69, 9.17) is 5.73 Å². The third-order valence-corrected chi connectivity index (χ3v) is 3.39. The molecule has 0 amide bonds. The molecule has 0 saturated heterocycles. The van der Waals surface area contributed by atoms with Gasteiger partial charge in [0.1, 0.15) is 0 Å². The third-order valence-electron chi connectivity index (χ3n) is 3.39. The largest absolute Gasteiger partial charge is 0.393 e. The normalized spacial score (nSPS) is 29.8. The zero-order valence-corrected chi connectivity index (χ0v) is 9.45. The van der Waals surface area contributed by atoms with E-state index < -0.39 is 0 Å². The van der Waals surface area contributed by atoms with Gasteiger partial charge in [0.15, 0.2) is 0 Å². The van der Waals surface area contributed by atoms with Gasteiger partial charge in [0, 0.05) is 12.6 Å². The van der Waals surface area contributed by atoms with Crippen LogP contribution >= 0.6 is 0 Å². The SMILES string of the molecule is CC(O)CCN(C)C1CCCC1CN. The molecule has 3 N–H and O–H groups in total. The highest BCUT2D eigenvalue weighted by Gasteiger charge is 2.28. The van der Waals surface area contributed by atoms with Crippen LogP contribution in [0.1, 0.15) is 32.6 Å². The molecule has 0 aromatic heterocycles. The molecule has 0 aliphatic heterocycles. The second-order valence-electron chi connectivity index (χ2n) is 4.61. The highest BCUT2D eigenvalue weighted by atomic mass is 16.3. The first-order valence-corrected chi connectivity index (χ1v) is 5.73. The van der Waals surface area contributed by atoms with Crippen molar-refractivity contribution in [2.75, 3.05) is 20.1 Å². The molecule has 3 unspecified atom stereocenters. The molecule has 1 saturated carbocycles. The molecular formula is C11H24N2O. The van der Waals surface area contributed by atoms with Gasteiger partial charge in [0.25, 0.3) is 0 Å². The lowest BCUT2D eigenvalue weighted by molar-refractivity contribution is 0.138. The zero-order chi connectivity index (χ0) is 10.6. The van der Waals surface area contributed by atoms with Crippen LogP contribution in [0.3, 0.4) is 0 Å². The molecule has 1 rings (SSSR count). The second kappa shape index (κ2) is 5.69. The molecule has 0 radical (unpaired) electrons. The van der Waals surface area contributed by atoms with E-state index >= 15 is 0 Å². The highest BCUT2D eigenvalue weighted by Crippen LogP contribution is 2.28. The van der Waals surface area contributed by atoms with E-state index in [1.165, 1.54) is 19.3 Å². The summed E-state index contributed by atoms with van der Waals surface area (Å²) < 4.78 is 0. The molecule has 3 nitrogen and oxygen atoms in total. The van der Waals surface area contributed by atoms with Crippen LogP contribution < -0.4 is 5.73 Å². The minimum absolute atomic E-state index is 0.185. The third kappa shape index (κ3) is 3.23.